The highest BCUT2D eigenvalue weighted by atomic mass is 15.0. The number of aryl methyl sites for hydroxylation is 2. The number of benzene rings is 6. The second-order valence-corrected chi connectivity index (χ2v) is 13.1. The topological polar surface area (TPSA) is 9.86 Å². The van der Waals surface area contributed by atoms with Gasteiger partial charge in [0, 0.05) is 49.7 Å². The minimum atomic E-state index is 0.329. The van der Waals surface area contributed by atoms with Crippen molar-refractivity contribution in [2.75, 3.05) is 0 Å². The lowest BCUT2D eigenvalue weighted by Crippen LogP contribution is -2.02. The van der Waals surface area contributed by atoms with Gasteiger partial charge < -0.3 is 9.13 Å². The molecule has 0 spiro atoms. The molecule has 216 valence electrons. The van der Waals surface area contributed by atoms with Crippen LogP contribution >= 0.6 is 0 Å². The first kappa shape index (κ1) is 26.8. The van der Waals surface area contributed by atoms with Crippen LogP contribution in [0.4, 0.5) is 0 Å². The molecule has 6 aromatic carbocycles. The first-order chi connectivity index (χ1) is 21.3. The van der Waals surface area contributed by atoms with E-state index in [0.29, 0.717) is 12.0 Å². The quantitative estimate of drug-likeness (QED) is 0.199. The zero-order valence-electron chi connectivity index (χ0n) is 26.4. The zero-order valence-corrected chi connectivity index (χ0v) is 26.4. The van der Waals surface area contributed by atoms with Crippen molar-refractivity contribution < 1.29 is 0 Å². The SMILES string of the molecule is Cc1cc(-n2c3ccccc3c3cc(-c4cccc5c6ccccc6n(C(C)C)c45)c4ccccc4c32)c(C)cc1C(C)C. The maximum absolute atomic E-state index is 2.53. The number of hydrogen-bond acceptors (Lipinski definition) is 0. The van der Waals surface area contributed by atoms with Gasteiger partial charge in [0.05, 0.1) is 16.6 Å². The summed E-state index contributed by atoms with van der Waals surface area (Å²) in [7, 11) is 0. The normalized spacial score (nSPS) is 12.3. The van der Waals surface area contributed by atoms with Crippen LogP contribution in [0.15, 0.2) is 109 Å². The summed E-state index contributed by atoms with van der Waals surface area (Å²) < 4.78 is 5.06. The molecular formula is C42H38N2. The van der Waals surface area contributed by atoms with E-state index >= 15 is 0 Å². The molecule has 44 heavy (non-hydrogen) atoms. The third-order valence-electron chi connectivity index (χ3n) is 9.66. The largest absolute Gasteiger partial charge is 0.337 e. The molecule has 8 aromatic rings. The molecule has 0 unspecified atom stereocenters. The third-order valence-corrected chi connectivity index (χ3v) is 9.66. The van der Waals surface area contributed by atoms with Gasteiger partial charge in [-0.3, -0.25) is 0 Å². The van der Waals surface area contributed by atoms with Crippen LogP contribution in [0.2, 0.25) is 0 Å². The highest BCUT2D eigenvalue weighted by Gasteiger charge is 2.22. The molecule has 2 heteroatoms. The second-order valence-electron chi connectivity index (χ2n) is 13.1. The van der Waals surface area contributed by atoms with E-state index in [1.54, 1.807) is 0 Å². The summed E-state index contributed by atoms with van der Waals surface area (Å²) in [4.78, 5) is 0. The Hall–Kier alpha value is -4.82. The maximum atomic E-state index is 2.53. The van der Waals surface area contributed by atoms with Crippen molar-refractivity contribution in [3.63, 3.8) is 0 Å². The van der Waals surface area contributed by atoms with E-state index < -0.39 is 0 Å². The summed E-state index contributed by atoms with van der Waals surface area (Å²) in [6.45, 7) is 13.7. The molecule has 0 aliphatic heterocycles. The standard InChI is InChI=1S/C42H38N2/c1-25(2)35-22-28(6)40(23-27(35)5)44-39-21-12-10-16-31(39)37-24-36(29-14-7-8-17-32(29)42(37)44)34-19-13-18-33-30-15-9-11-20-38(30)43(26(3)4)41(33)34/h7-26H,1-6H3. The van der Waals surface area contributed by atoms with Gasteiger partial charge in [-0.25, -0.2) is 0 Å². The highest BCUT2D eigenvalue weighted by molar-refractivity contribution is 6.24. The monoisotopic (exact) mass is 570 g/mol. The van der Waals surface area contributed by atoms with Crippen molar-refractivity contribution in [3.05, 3.63) is 126 Å². The summed E-state index contributed by atoms with van der Waals surface area (Å²) in [5.74, 6) is 0.494. The fourth-order valence-corrected chi connectivity index (χ4v) is 7.79. The number of nitrogens with zero attached hydrogens (tertiary/aromatic N) is 2. The van der Waals surface area contributed by atoms with E-state index in [2.05, 4.69) is 160 Å². The number of aromatic nitrogens is 2. The van der Waals surface area contributed by atoms with Crippen molar-refractivity contribution in [1.82, 2.24) is 9.13 Å². The molecule has 2 nitrogen and oxygen atoms in total. The number of para-hydroxylation sites is 3. The minimum absolute atomic E-state index is 0.329. The molecule has 0 saturated heterocycles. The molecule has 0 fully saturated rings. The van der Waals surface area contributed by atoms with Crippen LogP contribution in [0, 0.1) is 13.8 Å². The van der Waals surface area contributed by atoms with E-state index in [1.165, 1.54) is 87.9 Å². The summed E-state index contributed by atoms with van der Waals surface area (Å²) in [6, 6.07) is 41.3. The number of rotatable bonds is 4. The van der Waals surface area contributed by atoms with Crippen LogP contribution in [-0.2, 0) is 0 Å². The van der Waals surface area contributed by atoms with Gasteiger partial charge in [0.25, 0.3) is 0 Å². The van der Waals surface area contributed by atoms with Gasteiger partial charge in [-0.15, -0.1) is 0 Å². The lowest BCUT2D eigenvalue weighted by molar-refractivity contribution is 0.642. The Kier molecular flexibility index (Phi) is 6.00. The van der Waals surface area contributed by atoms with E-state index in [9.17, 15) is 0 Å². The lowest BCUT2D eigenvalue weighted by Gasteiger charge is -2.19. The zero-order chi connectivity index (χ0) is 30.3. The maximum Gasteiger partial charge on any atom is 0.0620 e. The summed E-state index contributed by atoms with van der Waals surface area (Å²) in [6.07, 6.45) is 0. The fourth-order valence-electron chi connectivity index (χ4n) is 7.79. The number of fused-ring (bicyclic) bond motifs is 8. The Morgan fingerprint density at radius 1 is 0.477 bits per heavy atom. The van der Waals surface area contributed by atoms with Gasteiger partial charge in [0.15, 0.2) is 0 Å². The van der Waals surface area contributed by atoms with Crippen LogP contribution in [0.1, 0.15) is 56.3 Å². The van der Waals surface area contributed by atoms with Gasteiger partial charge in [-0.05, 0) is 85.5 Å². The second kappa shape index (κ2) is 9.86. The molecule has 0 saturated carbocycles. The molecule has 0 amide bonds. The van der Waals surface area contributed by atoms with Crippen LogP contribution in [0.3, 0.4) is 0 Å². The van der Waals surface area contributed by atoms with Crippen molar-refractivity contribution in [2.24, 2.45) is 0 Å². The Morgan fingerprint density at radius 2 is 1.07 bits per heavy atom. The van der Waals surface area contributed by atoms with E-state index in [0.717, 1.165) is 0 Å². The van der Waals surface area contributed by atoms with Crippen molar-refractivity contribution in [3.8, 4) is 16.8 Å². The molecule has 0 aliphatic carbocycles. The first-order valence-electron chi connectivity index (χ1n) is 15.9. The van der Waals surface area contributed by atoms with E-state index in [-0.39, 0.29) is 0 Å². The lowest BCUT2D eigenvalue weighted by atomic mass is 9.93. The Labute approximate surface area is 259 Å². The average Bonchev–Trinajstić information content (AvgIpc) is 3.55. The molecule has 0 aliphatic rings. The van der Waals surface area contributed by atoms with Gasteiger partial charge >= 0.3 is 0 Å². The smallest absolute Gasteiger partial charge is 0.0620 e. The molecule has 0 atom stereocenters. The molecule has 0 N–H and O–H groups in total. The average molecular weight is 571 g/mol. The first-order valence-corrected chi connectivity index (χ1v) is 15.9. The van der Waals surface area contributed by atoms with E-state index in [1.807, 2.05) is 0 Å². The van der Waals surface area contributed by atoms with Gasteiger partial charge in [-0.1, -0.05) is 98.8 Å². The Morgan fingerprint density at radius 3 is 1.77 bits per heavy atom. The summed E-state index contributed by atoms with van der Waals surface area (Å²) in [5.41, 5.74) is 13.1. The minimum Gasteiger partial charge on any atom is -0.337 e. The number of hydrogen-bond donors (Lipinski definition) is 0. The molecule has 2 heterocycles. The molecule has 2 aromatic heterocycles. The van der Waals surface area contributed by atoms with Gasteiger partial charge in [0.1, 0.15) is 0 Å². The van der Waals surface area contributed by atoms with Crippen molar-refractivity contribution >= 4 is 54.4 Å². The Bertz CT molecular complexity index is 2410. The van der Waals surface area contributed by atoms with Gasteiger partial charge in [0.2, 0.25) is 0 Å². The molecule has 8 rings (SSSR count). The third kappa shape index (κ3) is 3.73. The van der Waals surface area contributed by atoms with Crippen molar-refractivity contribution in [2.45, 2.75) is 53.5 Å². The van der Waals surface area contributed by atoms with Crippen LogP contribution in [-0.4, -0.2) is 9.13 Å². The summed E-state index contributed by atoms with van der Waals surface area (Å²) in [5, 5.41) is 7.78. The molecule has 0 bridgehead atoms. The highest BCUT2D eigenvalue weighted by Crippen LogP contribution is 2.45. The predicted octanol–water partition coefficient (Wildman–Crippen LogP) is 12.0. The predicted molar refractivity (Wildman–Crippen MR) is 191 cm³/mol. The fraction of sp³-hybridized carbons (Fsp3) is 0.190. The van der Waals surface area contributed by atoms with Crippen molar-refractivity contribution in [1.29, 1.82) is 0 Å². The Balaban J connectivity index is 1.54. The van der Waals surface area contributed by atoms with Crippen LogP contribution < -0.4 is 0 Å². The van der Waals surface area contributed by atoms with Gasteiger partial charge in [-0.2, -0.15) is 0 Å². The molecular weight excluding hydrogens is 532 g/mol. The van der Waals surface area contributed by atoms with E-state index in [4.69, 9.17) is 0 Å². The summed E-state index contributed by atoms with van der Waals surface area (Å²) >= 11 is 0. The van der Waals surface area contributed by atoms with Crippen LogP contribution in [0.25, 0.3) is 71.2 Å². The molecule has 0 radical (unpaired) electrons. The van der Waals surface area contributed by atoms with Crippen LogP contribution in [0.5, 0.6) is 0 Å².